The lowest BCUT2D eigenvalue weighted by molar-refractivity contribution is -0.138. The van der Waals surface area contributed by atoms with Crippen molar-refractivity contribution in [2.45, 2.75) is 58.6 Å². The summed E-state index contributed by atoms with van der Waals surface area (Å²) in [6.45, 7) is 5.14. The number of nitrogens with one attached hydrogen (secondary N) is 1. The van der Waals surface area contributed by atoms with Crippen LogP contribution in [-0.4, -0.2) is 35.0 Å². The van der Waals surface area contributed by atoms with Gasteiger partial charge in [-0.2, -0.15) is 0 Å². The van der Waals surface area contributed by atoms with Crippen LogP contribution in [0.2, 0.25) is 0 Å². The zero-order valence-electron chi connectivity index (χ0n) is 24.4. The summed E-state index contributed by atoms with van der Waals surface area (Å²) in [6, 6.07) is 30.1. The third-order valence-electron chi connectivity index (χ3n) is 7.09. The van der Waals surface area contributed by atoms with Gasteiger partial charge < -0.3 is 15.2 Å². The summed E-state index contributed by atoms with van der Waals surface area (Å²) in [5.74, 6) is 0.287. The predicted molar refractivity (Wildman–Crippen MR) is 171 cm³/mol. The van der Waals surface area contributed by atoms with Crippen LogP contribution >= 0.6 is 11.3 Å². The number of benzene rings is 3. The molecule has 220 valence electrons. The Morgan fingerprint density at radius 1 is 0.857 bits per heavy atom. The second-order valence-electron chi connectivity index (χ2n) is 10.5. The minimum Gasteiger partial charge on any atom is -0.489 e. The standard InChI is InChI=1S/C35H40N2O4S/c1-3-8-27(9-4-2)28-16-18-31(19-17-28)41-25-26-12-14-29(15-13-26)33-21-20-32(42-33)22-37(24-35(39)40)23-34(38)36-30-10-6-5-7-11-30/h5-7,10-21,27H,3-4,8-9,22-25H2,1-2H3,(H,36,38)(H,39,40). The van der Waals surface area contributed by atoms with Crippen molar-refractivity contribution in [3.8, 4) is 16.2 Å². The highest BCUT2D eigenvalue weighted by Crippen LogP contribution is 2.30. The minimum absolute atomic E-state index is 0.0100. The number of anilines is 1. The molecule has 6 nitrogen and oxygen atoms in total. The molecule has 0 saturated carbocycles. The maximum atomic E-state index is 12.5. The Kier molecular flexibility index (Phi) is 11.7. The second-order valence-corrected chi connectivity index (χ2v) is 11.7. The number of carboxylic acid groups (broad SMARTS) is 1. The van der Waals surface area contributed by atoms with Crippen molar-refractivity contribution >= 4 is 28.9 Å². The number of rotatable bonds is 16. The summed E-state index contributed by atoms with van der Waals surface area (Å²) in [5, 5.41) is 12.2. The lowest BCUT2D eigenvalue weighted by Crippen LogP contribution is -2.36. The number of hydrogen-bond acceptors (Lipinski definition) is 5. The number of thiophene rings is 1. The monoisotopic (exact) mass is 584 g/mol. The number of ether oxygens (including phenoxy) is 1. The summed E-state index contributed by atoms with van der Waals surface area (Å²) < 4.78 is 6.06. The van der Waals surface area contributed by atoms with Crippen LogP contribution in [0.5, 0.6) is 5.75 Å². The third-order valence-corrected chi connectivity index (χ3v) is 8.21. The molecule has 7 heteroatoms. The van der Waals surface area contributed by atoms with E-state index in [0.29, 0.717) is 24.8 Å². The Morgan fingerprint density at radius 2 is 1.55 bits per heavy atom. The maximum Gasteiger partial charge on any atom is 0.317 e. The van der Waals surface area contributed by atoms with Crippen molar-refractivity contribution in [1.29, 1.82) is 0 Å². The molecule has 3 aromatic carbocycles. The highest BCUT2D eigenvalue weighted by Gasteiger charge is 2.16. The van der Waals surface area contributed by atoms with E-state index >= 15 is 0 Å². The van der Waals surface area contributed by atoms with E-state index in [1.165, 1.54) is 31.2 Å². The first-order valence-electron chi connectivity index (χ1n) is 14.6. The zero-order chi connectivity index (χ0) is 29.7. The van der Waals surface area contributed by atoms with Crippen LogP contribution in [0.25, 0.3) is 10.4 Å². The van der Waals surface area contributed by atoms with Gasteiger partial charge in [-0.3, -0.25) is 14.5 Å². The number of carbonyl (C=O) groups is 2. The molecule has 0 spiro atoms. The van der Waals surface area contributed by atoms with Gasteiger partial charge in [0.15, 0.2) is 0 Å². The molecule has 0 saturated heterocycles. The van der Waals surface area contributed by atoms with Gasteiger partial charge in [-0.05, 0) is 71.8 Å². The van der Waals surface area contributed by atoms with E-state index < -0.39 is 5.97 Å². The molecule has 0 atom stereocenters. The van der Waals surface area contributed by atoms with Crippen molar-refractivity contribution in [2.75, 3.05) is 18.4 Å². The van der Waals surface area contributed by atoms with Gasteiger partial charge in [0.25, 0.3) is 0 Å². The first-order valence-corrected chi connectivity index (χ1v) is 15.4. The molecule has 1 aromatic heterocycles. The number of carboxylic acids is 1. The Morgan fingerprint density at radius 3 is 2.19 bits per heavy atom. The fraction of sp³-hybridized carbons (Fsp3) is 0.314. The highest BCUT2D eigenvalue weighted by atomic mass is 32.1. The Hall–Kier alpha value is -3.94. The quantitative estimate of drug-likeness (QED) is 0.139. The van der Waals surface area contributed by atoms with E-state index in [1.54, 1.807) is 28.4 Å². The number of para-hydroxylation sites is 1. The van der Waals surface area contributed by atoms with Gasteiger partial charge in [0, 0.05) is 22.0 Å². The smallest absolute Gasteiger partial charge is 0.317 e. The fourth-order valence-electron chi connectivity index (χ4n) is 5.07. The number of nitrogens with zero attached hydrogens (tertiary/aromatic N) is 1. The normalized spacial score (nSPS) is 11.1. The zero-order valence-corrected chi connectivity index (χ0v) is 25.2. The van der Waals surface area contributed by atoms with Gasteiger partial charge in [-0.25, -0.2) is 0 Å². The van der Waals surface area contributed by atoms with E-state index in [9.17, 15) is 14.7 Å². The Balaban J connectivity index is 1.31. The van der Waals surface area contributed by atoms with Crippen LogP contribution in [0.4, 0.5) is 5.69 Å². The lowest BCUT2D eigenvalue weighted by atomic mass is 9.90. The fourth-order valence-corrected chi connectivity index (χ4v) is 6.12. The number of amides is 1. The Bertz CT molecular complexity index is 1400. The topological polar surface area (TPSA) is 78.9 Å². The molecule has 0 aliphatic rings. The van der Waals surface area contributed by atoms with Crippen LogP contribution in [0.3, 0.4) is 0 Å². The lowest BCUT2D eigenvalue weighted by Gasteiger charge is -2.19. The summed E-state index contributed by atoms with van der Waals surface area (Å²) in [7, 11) is 0. The Labute approximate surface area is 253 Å². The average Bonchev–Trinajstić information content (AvgIpc) is 3.45. The van der Waals surface area contributed by atoms with Crippen molar-refractivity contribution in [3.63, 3.8) is 0 Å². The molecule has 0 aliphatic carbocycles. The molecule has 0 radical (unpaired) electrons. The summed E-state index contributed by atoms with van der Waals surface area (Å²) >= 11 is 1.60. The molecule has 2 N–H and O–H groups in total. The molecule has 0 aliphatic heterocycles. The molecule has 1 heterocycles. The minimum atomic E-state index is -0.967. The molecule has 0 unspecified atom stereocenters. The average molecular weight is 585 g/mol. The van der Waals surface area contributed by atoms with Gasteiger partial charge in [-0.1, -0.05) is 81.3 Å². The van der Waals surface area contributed by atoms with Gasteiger partial charge in [0.05, 0.1) is 13.1 Å². The molecular formula is C35H40N2O4S. The molecule has 42 heavy (non-hydrogen) atoms. The largest absolute Gasteiger partial charge is 0.489 e. The van der Waals surface area contributed by atoms with E-state index in [0.717, 1.165) is 26.6 Å². The van der Waals surface area contributed by atoms with Crippen LogP contribution in [0, 0.1) is 0 Å². The van der Waals surface area contributed by atoms with Crippen molar-refractivity contribution in [1.82, 2.24) is 4.90 Å². The van der Waals surface area contributed by atoms with E-state index in [-0.39, 0.29) is 19.0 Å². The number of aliphatic carboxylic acids is 1. The van der Waals surface area contributed by atoms with Crippen LogP contribution in [0.15, 0.2) is 91.0 Å². The van der Waals surface area contributed by atoms with Crippen LogP contribution in [0.1, 0.15) is 61.5 Å². The summed E-state index contributed by atoms with van der Waals surface area (Å²) in [4.78, 5) is 27.7. The molecule has 1 amide bonds. The highest BCUT2D eigenvalue weighted by molar-refractivity contribution is 7.15. The number of hydrogen-bond donors (Lipinski definition) is 2. The SMILES string of the molecule is CCCC(CCC)c1ccc(OCc2ccc(-c3ccc(CN(CC(=O)O)CC(=O)Nc4ccccc4)s3)cc2)cc1. The number of carbonyl (C=O) groups excluding carboxylic acids is 1. The van der Waals surface area contributed by atoms with Crippen molar-refractivity contribution < 1.29 is 19.4 Å². The van der Waals surface area contributed by atoms with Crippen molar-refractivity contribution in [2.24, 2.45) is 0 Å². The summed E-state index contributed by atoms with van der Waals surface area (Å²) in [5.41, 5.74) is 4.26. The predicted octanol–water partition coefficient (Wildman–Crippen LogP) is 8.20. The van der Waals surface area contributed by atoms with Gasteiger partial charge in [0.2, 0.25) is 5.91 Å². The van der Waals surface area contributed by atoms with Crippen molar-refractivity contribution in [3.05, 3.63) is 107 Å². The molecule has 4 rings (SSSR count). The molecule has 0 bridgehead atoms. The first-order chi connectivity index (χ1) is 20.4. The van der Waals surface area contributed by atoms with Gasteiger partial charge >= 0.3 is 5.97 Å². The summed E-state index contributed by atoms with van der Waals surface area (Å²) in [6.07, 6.45) is 4.84. The molecular weight excluding hydrogens is 544 g/mol. The van der Waals surface area contributed by atoms with E-state index in [4.69, 9.17) is 4.74 Å². The van der Waals surface area contributed by atoms with Gasteiger partial charge in [0.1, 0.15) is 12.4 Å². The van der Waals surface area contributed by atoms with E-state index in [1.807, 2.05) is 30.3 Å². The first kappa shape index (κ1) is 31.0. The van der Waals surface area contributed by atoms with Gasteiger partial charge in [-0.15, -0.1) is 11.3 Å². The third kappa shape index (κ3) is 9.57. The van der Waals surface area contributed by atoms with Crippen LogP contribution in [-0.2, 0) is 22.7 Å². The molecule has 4 aromatic rings. The molecule has 0 fully saturated rings. The van der Waals surface area contributed by atoms with E-state index in [2.05, 4.69) is 67.7 Å². The maximum absolute atomic E-state index is 12.5. The van der Waals surface area contributed by atoms with Crippen LogP contribution < -0.4 is 10.1 Å². The second kappa shape index (κ2) is 15.9.